The Kier molecular flexibility index (Phi) is 6.84. The third-order valence-electron chi connectivity index (χ3n) is 5.62. The number of aryl methyl sites for hydroxylation is 3. The average molecular weight is 474 g/mol. The number of anilines is 2. The van der Waals surface area contributed by atoms with Crippen molar-refractivity contribution in [3.8, 4) is 11.3 Å². The number of carbonyl (C=O) groups excluding carboxylic acids is 1. The van der Waals surface area contributed by atoms with Crippen LogP contribution in [-0.2, 0) is 21.2 Å². The van der Waals surface area contributed by atoms with E-state index in [1.54, 1.807) is 12.1 Å². The quantitative estimate of drug-likeness (QED) is 0.308. The van der Waals surface area contributed by atoms with Crippen molar-refractivity contribution in [1.82, 2.24) is 4.98 Å². The molecule has 0 aliphatic rings. The molecule has 1 heterocycles. The van der Waals surface area contributed by atoms with Crippen LogP contribution in [0, 0.1) is 13.8 Å². The number of carbonyl (C=O) groups is 1. The predicted octanol–water partition coefficient (Wildman–Crippen LogP) is 5.67. The molecule has 3 N–H and O–H groups in total. The fourth-order valence-electron chi connectivity index (χ4n) is 3.73. The molecule has 0 unspecified atom stereocenters. The maximum absolute atomic E-state index is 12.8. The van der Waals surface area contributed by atoms with Gasteiger partial charge in [0.2, 0.25) is 5.91 Å². The largest absolute Gasteiger partial charge is 0.358 e. The number of amides is 1. The van der Waals surface area contributed by atoms with Crippen LogP contribution in [0.1, 0.15) is 23.2 Å². The van der Waals surface area contributed by atoms with E-state index in [-0.39, 0.29) is 10.8 Å². The fraction of sp³-hybridized carbons (Fsp3) is 0.148. The lowest BCUT2D eigenvalue weighted by Crippen LogP contribution is -2.15. The smallest absolute Gasteiger partial charge is 0.261 e. The van der Waals surface area contributed by atoms with Crippen molar-refractivity contribution < 1.29 is 13.2 Å². The average Bonchev–Trinajstić information content (AvgIpc) is 3.30. The molecule has 0 saturated heterocycles. The molecule has 0 fully saturated rings. The topological polar surface area (TPSA) is 91.1 Å². The first kappa shape index (κ1) is 23.3. The first-order valence-corrected chi connectivity index (χ1v) is 12.5. The van der Waals surface area contributed by atoms with Gasteiger partial charge in [0, 0.05) is 23.5 Å². The number of H-pyrrole nitrogens is 1. The lowest BCUT2D eigenvalue weighted by atomic mass is 10.1. The minimum atomic E-state index is -3.74. The van der Waals surface area contributed by atoms with E-state index in [4.69, 9.17) is 0 Å². The lowest BCUT2D eigenvalue weighted by molar-refractivity contribution is -0.116. The van der Waals surface area contributed by atoms with E-state index in [0.29, 0.717) is 24.2 Å². The molecule has 6 nitrogen and oxygen atoms in total. The molecule has 0 spiro atoms. The van der Waals surface area contributed by atoms with Gasteiger partial charge in [-0.1, -0.05) is 48.5 Å². The Hall–Kier alpha value is -3.84. The Labute approximate surface area is 200 Å². The minimum Gasteiger partial charge on any atom is -0.358 e. The second kappa shape index (κ2) is 9.97. The highest BCUT2D eigenvalue weighted by atomic mass is 32.2. The second-order valence-corrected chi connectivity index (χ2v) is 9.89. The monoisotopic (exact) mass is 473 g/mol. The summed E-state index contributed by atoms with van der Waals surface area (Å²) in [5.74, 6) is -0.139. The van der Waals surface area contributed by atoms with Crippen LogP contribution in [0.25, 0.3) is 11.3 Å². The predicted molar refractivity (Wildman–Crippen MR) is 136 cm³/mol. The van der Waals surface area contributed by atoms with Crippen LogP contribution < -0.4 is 10.0 Å². The number of aromatic nitrogens is 1. The Morgan fingerprint density at radius 1 is 0.824 bits per heavy atom. The highest BCUT2D eigenvalue weighted by Gasteiger charge is 2.16. The molecule has 0 radical (unpaired) electrons. The van der Waals surface area contributed by atoms with Gasteiger partial charge in [0.15, 0.2) is 0 Å². The number of hydrogen-bond donors (Lipinski definition) is 3. The number of rotatable bonds is 8. The number of sulfonamides is 1. The lowest BCUT2D eigenvalue weighted by Gasteiger charge is -2.13. The third kappa shape index (κ3) is 5.55. The van der Waals surface area contributed by atoms with Crippen LogP contribution in [-0.4, -0.2) is 19.3 Å². The zero-order chi connectivity index (χ0) is 24.1. The molecule has 4 rings (SSSR count). The molecule has 1 amide bonds. The van der Waals surface area contributed by atoms with Gasteiger partial charge in [-0.05, 0) is 73.4 Å². The Bertz CT molecular complexity index is 1370. The molecule has 7 heteroatoms. The highest BCUT2D eigenvalue weighted by Crippen LogP contribution is 2.24. The second-order valence-electron chi connectivity index (χ2n) is 8.21. The summed E-state index contributed by atoms with van der Waals surface area (Å²) in [6, 6.07) is 25.8. The van der Waals surface area contributed by atoms with E-state index in [9.17, 15) is 13.2 Å². The number of nitrogens with one attached hydrogen (secondary N) is 3. The van der Waals surface area contributed by atoms with E-state index in [0.717, 1.165) is 28.1 Å². The molecule has 174 valence electrons. The van der Waals surface area contributed by atoms with Crippen LogP contribution in [0.2, 0.25) is 0 Å². The number of aromatic amines is 1. The number of benzene rings is 3. The summed E-state index contributed by atoms with van der Waals surface area (Å²) in [7, 11) is -3.74. The van der Waals surface area contributed by atoms with Crippen molar-refractivity contribution in [1.29, 1.82) is 0 Å². The summed E-state index contributed by atoms with van der Waals surface area (Å²) < 4.78 is 28.3. The van der Waals surface area contributed by atoms with E-state index in [2.05, 4.69) is 15.0 Å². The van der Waals surface area contributed by atoms with Crippen molar-refractivity contribution in [3.63, 3.8) is 0 Å². The standard InChI is InChI=1S/C27H27N3O3S/c1-19-7-6-8-20(2)27(19)30-34(32,33)24-15-11-23(12-16-24)29-26(31)18-14-22-13-17-25(28-22)21-9-4-3-5-10-21/h3-13,15-17,28,30H,14,18H2,1-2H3,(H,29,31). The first-order chi connectivity index (χ1) is 16.3. The molecular weight excluding hydrogens is 446 g/mol. The molecule has 0 aliphatic carbocycles. The van der Waals surface area contributed by atoms with Gasteiger partial charge in [-0.3, -0.25) is 9.52 Å². The SMILES string of the molecule is Cc1cccc(C)c1NS(=O)(=O)c1ccc(NC(=O)CCc2ccc(-c3ccccc3)[nH]2)cc1. The maximum atomic E-state index is 12.8. The molecule has 1 aromatic heterocycles. The molecule has 0 bridgehead atoms. The molecule has 0 saturated carbocycles. The molecular formula is C27H27N3O3S. The Morgan fingerprint density at radius 3 is 2.18 bits per heavy atom. The first-order valence-electron chi connectivity index (χ1n) is 11.0. The van der Waals surface area contributed by atoms with Crippen molar-refractivity contribution >= 4 is 27.3 Å². The number of para-hydroxylation sites is 1. The highest BCUT2D eigenvalue weighted by molar-refractivity contribution is 7.92. The molecule has 0 aliphatic heterocycles. The van der Waals surface area contributed by atoms with Crippen molar-refractivity contribution in [2.75, 3.05) is 10.0 Å². The van der Waals surface area contributed by atoms with Crippen molar-refractivity contribution in [2.45, 2.75) is 31.6 Å². The Balaban J connectivity index is 1.34. The summed E-state index contributed by atoms with van der Waals surface area (Å²) in [6.07, 6.45) is 0.883. The van der Waals surface area contributed by atoms with Crippen LogP contribution in [0.3, 0.4) is 0 Å². The van der Waals surface area contributed by atoms with E-state index in [1.807, 2.05) is 74.5 Å². The van der Waals surface area contributed by atoms with Crippen molar-refractivity contribution in [3.05, 3.63) is 102 Å². The summed E-state index contributed by atoms with van der Waals surface area (Å²) in [4.78, 5) is 15.9. The normalized spacial score (nSPS) is 11.2. The maximum Gasteiger partial charge on any atom is 0.261 e. The van der Waals surface area contributed by atoms with Gasteiger partial charge in [-0.25, -0.2) is 8.42 Å². The van der Waals surface area contributed by atoms with Gasteiger partial charge in [0.05, 0.1) is 10.6 Å². The molecule has 4 aromatic rings. The van der Waals surface area contributed by atoms with Crippen LogP contribution >= 0.6 is 0 Å². The van der Waals surface area contributed by atoms with Gasteiger partial charge in [0.1, 0.15) is 0 Å². The zero-order valence-corrected chi connectivity index (χ0v) is 19.9. The molecule has 0 atom stereocenters. The zero-order valence-electron chi connectivity index (χ0n) is 19.1. The van der Waals surface area contributed by atoms with Crippen LogP contribution in [0.5, 0.6) is 0 Å². The van der Waals surface area contributed by atoms with Crippen LogP contribution in [0.15, 0.2) is 89.8 Å². The van der Waals surface area contributed by atoms with E-state index >= 15 is 0 Å². The molecule has 3 aromatic carbocycles. The number of hydrogen-bond acceptors (Lipinski definition) is 3. The van der Waals surface area contributed by atoms with Crippen LogP contribution in [0.4, 0.5) is 11.4 Å². The van der Waals surface area contributed by atoms with Gasteiger partial charge in [0.25, 0.3) is 10.0 Å². The summed E-state index contributed by atoms with van der Waals surface area (Å²) in [5.41, 5.74) is 5.93. The Morgan fingerprint density at radius 2 is 1.50 bits per heavy atom. The van der Waals surface area contributed by atoms with Gasteiger partial charge in [-0.15, -0.1) is 0 Å². The molecule has 34 heavy (non-hydrogen) atoms. The minimum absolute atomic E-state index is 0.132. The van der Waals surface area contributed by atoms with Crippen molar-refractivity contribution in [2.24, 2.45) is 0 Å². The van der Waals surface area contributed by atoms with Gasteiger partial charge >= 0.3 is 0 Å². The third-order valence-corrected chi connectivity index (χ3v) is 6.98. The fourth-order valence-corrected chi connectivity index (χ4v) is 4.93. The van der Waals surface area contributed by atoms with Gasteiger partial charge in [-0.2, -0.15) is 0 Å². The van der Waals surface area contributed by atoms with E-state index < -0.39 is 10.0 Å². The van der Waals surface area contributed by atoms with E-state index in [1.165, 1.54) is 12.1 Å². The summed E-state index contributed by atoms with van der Waals surface area (Å²) >= 11 is 0. The summed E-state index contributed by atoms with van der Waals surface area (Å²) in [5, 5.41) is 2.83. The van der Waals surface area contributed by atoms with Gasteiger partial charge < -0.3 is 10.3 Å². The summed E-state index contributed by atoms with van der Waals surface area (Å²) in [6.45, 7) is 3.72.